The first-order valence-electron chi connectivity index (χ1n) is 25.1. The van der Waals surface area contributed by atoms with Gasteiger partial charge in [-0.05, 0) is 65.8 Å². The molecule has 2 aliphatic heterocycles. The summed E-state index contributed by atoms with van der Waals surface area (Å²) in [4.78, 5) is 86.6. The predicted molar refractivity (Wildman–Crippen MR) is 293 cm³/mol. The first kappa shape index (κ1) is 57.2. The fourth-order valence-electron chi connectivity index (χ4n) is 8.85. The van der Waals surface area contributed by atoms with Gasteiger partial charge in [-0.3, -0.25) is 24.0 Å². The molecule has 406 valence electrons. The molecule has 22 heteroatoms. The number of aliphatic hydroxyl groups is 1. The zero-order valence-electron chi connectivity index (χ0n) is 43.9. The molecule has 0 radical (unpaired) electrons. The number of halogens is 1. The van der Waals surface area contributed by atoms with Gasteiger partial charge in [0.25, 0.3) is 5.91 Å². The highest BCUT2D eigenvalue weighted by Crippen LogP contribution is 2.37. The minimum atomic E-state index is -0.993. The first-order valence-corrected chi connectivity index (χ1v) is 26.8. The monoisotopic (exact) mass is 1130 g/mol. The van der Waals surface area contributed by atoms with Crippen molar-refractivity contribution in [1.29, 1.82) is 0 Å². The molecule has 0 spiro atoms. The average molecular weight is 1130 g/mol. The summed E-state index contributed by atoms with van der Waals surface area (Å²) in [7, 11) is 3.23. The van der Waals surface area contributed by atoms with Crippen LogP contribution in [0.25, 0.3) is 10.4 Å². The number of hydrogen-bond acceptors (Lipinski definition) is 16. The highest BCUT2D eigenvalue weighted by Gasteiger charge is 2.44. The van der Waals surface area contributed by atoms with Crippen molar-refractivity contribution in [3.05, 3.63) is 105 Å². The Hall–Kier alpha value is -6.56. The highest BCUT2D eigenvalue weighted by molar-refractivity contribution is 9.10. The Morgan fingerprint density at radius 3 is 2.29 bits per heavy atom. The second-order valence-corrected chi connectivity index (χ2v) is 21.3. The number of aliphatic hydroxyl groups excluding tert-OH is 1. The number of likely N-dealkylation sites (N-methyl/N-ethyl adjacent to an activating group) is 1. The standard InChI is InChI=1S/C54H67BrN10O10S/c1-8-41-51(70)63(6)43-28-58-53(62-48(43)64(41)29-35-11-16-38(55)17-12-35)60-40-18-15-37(25-44(40)72-7)49(68)56-19-20-73-21-22-74-23-24-75-31-45(67)61-47(54(3,4)5)52(71)65-30-39(66)26-42(65)50(69)57-27-34-9-13-36(14-10-34)46-33(2)59-32-76-46/h9-18,25,28,32,39,41-42,47,66H,8,19-24,26-27,29-31H2,1-7H3,(H,56,68)(H,57,69)(H,61,67)(H,58,60,62)/t39-,41-,42+,47-/m1/s1. The minimum Gasteiger partial charge on any atom is -0.495 e. The van der Waals surface area contributed by atoms with Crippen LogP contribution >= 0.6 is 27.3 Å². The number of nitrogens with zero attached hydrogens (tertiary/aromatic N) is 6. The quantitative estimate of drug-likeness (QED) is 0.0461. The molecule has 2 aromatic heterocycles. The molecule has 2 aliphatic rings. The number of hydrogen-bond donors (Lipinski definition) is 5. The number of β-amino-alcohol motifs (C(OH)–C–C–N with tert-alkyl or cyclic N) is 1. The van der Waals surface area contributed by atoms with E-state index in [9.17, 15) is 29.1 Å². The number of thiazole rings is 1. The summed E-state index contributed by atoms with van der Waals surface area (Å²) in [6.45, 7) is 11.0. The number of likely N-dealkylation sites (tertiary alicyclic amines) is 1. The summed E-state index contributed by atoms with van der Waals surface area (Å²) < 4.78 is 23.4. The van der Waals surface area contributed by atoms with Gasteiger partial charge in [-0.2, -0.15) is 4.98 Å². The fourth-order valence-corrected chi connectivity index (χ4v) is 9.92. The lowest BCUT2D eigenvalue weighted by Crippen LogP contribution is -2.58. The zero-order valence-corrected chi connectivity index (χ0v) is 46.3. The molecule has 4 atom stereocenters. The topological polar surface area (TPSA) is 239 Å². The van der Waals surface area contributed by atoms with E-state index in [0.717, 1.165) is 31.7 Å². The molecule has 7 rings (SSSR count). The summed E-state index contributed by atoms with van der Waals surface area (Å²) in [5, 5.41) is 22.3. The van der Waals surface area contributed by atoms with Crippen LogP contribution in [0.3, 0.4) is 0 Å². The van der Waals surface area contributed by atoms with Crippen LogP contribution in [0.4, 0.5) is 23.1 Å². The van der Waals surface area contributed by atoms with E-state index >= 15 is 0 Å². The molecule has 0 unspecified atom stereocenters. The maximum absolute atomic E-state index is 14.0. The number of ether oxygens (including phenoxy) is 4. The number of amides is 5. The van der Waals surface area contributed by atoms with Crippen molar-refractivity contribution in [3.63, 3.8) is 0 Å². The molecule has 0 bridgehead atoms. The van der Waals surface area contributed by atoms with E-state index in [-0.39, 0.29) is 83.4 Å². The number of anilines is 4. The van der Waals surface area contributed by atoms with Gasteiger partial charge in [0, 0.05) is 49.7 Å². The van der Waals surface area contributed by atoms with Gasteiger partial charge >= 0.3 is 0 Å². The molecule has 4 heterocycles. The Morgan fingerprint density at radius 2 is 1.62 bits per heavy atom. The summed E-state index contributed by atoms with van der Waals surface area (Å²) in [6, 6.07) is 18.5. The lowest BCUT2D eigenvalue weighted by Gasteiger charge is -2.40. The van der Waals surface area contributed by atoms with E-state index in [4.69, 9.17) is 23.9 Å². The number of benzene rings is 3. The van der Waals surface area contributed by atoms with Crippen LogP contribution in [0.1, 0.15) is 67.7 Å². The molecule has 5 amide bonds. The van der Waals surface area contributed by atoms with Gasteiger partial charge in [-0.25, -0.2) is 9.97 Å². The largest absolute Gasteiger partial charge is 0.495 e. The number of nitrogens with one attached hydrogen (secondary N) is 4. The summed E-state index contributed by atoms with van der Waals surface area (Å²) in [6.07, 6.45) is 1.40. The zero-order chi connectivity index (χ0) is 54.5. The Balaban J connectivity index is 0.788. The van der Waals surface area contributed by atoms with Gasteiger partial charge in [0.2, 0.25) is 29.6 Å². The fraction of sp³-hybridized carbons (Fsp3) is 0.444. The molecular weight excluding hydrogens is 1060 g/mol. The van der Waals surface area contributed by atoms with Crippen LogP contribution in [-0.2, 0) is 46.5 Å². The van der Waals surface area contributed by atoms with Crippen molar-refractivity contribution < 1.29 is 48.0 Å². The lowest BCUT2D eigenvalue weighted by atomic mass is 9.85. The number of methoxy groups -OCH3 is 1. The summed E-state index contributed by atoms with van der Waals surface area (Å²) in [5.74, 6) is -0.418. The van der Waals surface area contributed by atoms with E-state index in [1.54, 1.807) is 53.2 Å². The molecule has 76 heavy (non-hydrogen) atoms. The Bertz CT molecular complexity index is 2810. The molecule has 5 aromatic rings. The third-order valence-electron chi connectivity index (χ3n) is 13.0. The van der Waals surface area contributed by atoms with Crippen LogP contribution < -0.4 is 35.8 Å². The average Bonchev–Trinajstić information content (AvgIpc) is 4.04. The minimum absolute atomic E-state index is 0.0327. The van der Waals surface area contributed by atoms with E-state index in [1.165, 1.54) is 12.0 Å². The van der Waals surface area contributed by atoms with Crippen LogP contribution in [0, 0.1) is 12.3 Å². The molecule has 3 aromatic carbocycles. The van der Waals surface area contributed by atoms with Crippen LogP contribution in [0.5, 0.6) is 5.75 Å². The highest BCUT2D eigenvalue weighted by atomic mass is 79.9. The van der Waals surface area contributed by atoms with Crippen LogP contribution in [-0.4, -0.2) is 146 Å². The van der Waals surface area contributed by atoms with E-state index in [1.807, 2.05) is 88.0 Å². The van der Waals surface area contributed by atoms with Crippen LogP contribution in [0.15, 0.2) is 82.9 Å². The molecule has 0 saturated carbocycles. The van der Waals surface area contributed by atoms with Crippen molar-refractivity contribution in [2.45, 2.75) is 84.8 Å². The third kappa shape index (κ3) is 14.7. The van der Waals surface area contributed by atoms with Gasteiger partial charge < -0.3 is 60.0 Å². The number of aromatic nitrogens is 3. The van der Waals surface area contributed by atoms with E-state index in [0.29, 0.717) is 47.4 Å². The van der Waals surface area contributed by atoms with Crippen molar-refractivity contribution >= 4 is 79.9 Å². The molecule has 5 N–H and O–H groups in total. The number of fused-ring (bicyclic) bond motifs is 1. The SMILES string of the molecule is CC[C@@H]1C(=O)N(C)c2cnc(Nc3ccc(C(=O)NCCOCCOCCOCC(=O)N[C@H](C(=O)N4C[C@H](O)C[C@H]4C(=O)NCc4ccc(-c5scnc5C)cc4)C(C)(C)C)cc3OC)nc2N1Cc1ccc(Br)cc1. The first-order chi connectivity index (χ1) is 36.4. The maximum atomic E-state index is 14.0. The number of carbonyl (C=O) groups is 5. The van der Waals surface area contributed by atoms with Crippen molar-refractivity contribution in [1.82, 2.24) is 35.8 Å². The second-order valence-electron chi connectivity index (χ2n) is 19.5. The smallest absolute Gasteiger partial charge is 0.251 e. The van der Waals surface area contributed by atoms with Crippen LogP contribution in [0.2, 0.25) is 0 Å². The normalized spacial score (nSPS) is 16.8. The Morgan fingerprint density at radius 1 is 0.921 bits per heavy atom. The Labute approximate surface area is 455 Å². The Kier molecular flexibility index (Phi) is 19.9. The molecule has 20 nitrogen and oxygen atoms in total. The summed E-state index contributed by atoms with van der Waals surface area (Å²) >= 11 is 5.06. The molecule has 1 fully saturated rings. The molecule has 1 saturated heterocycles. The van der Waals surface area contributed by atoms with Crippen molar-refractivity contribution in [2.24, 2.45) is 5.41 Å². The second kappa shape index (κ2) is 26.5. The van der Waals surface area contributed by atoms with Gasteiger partial charge in [-0.15, -0.1) is 11.3 Å². The number of carbonyl (C=O) groups excluding carboxylic acids is 5. The number of aryl methyl sites for hydroxylation is 1. The van der Waals surface area contributed by atoms with Crippen molar-refractivity contribution in [3.8, 4) is 16.2 Å². The van der Waals surface area contributed by atoms with Crippen molar-refractivity contribution in [2.75, 3.05) is 82.0 Å². The van der Waals surface area contributed by atoms with Gasteiger partial charge in [0.05, 0.1) is 74.2 Å². The lowest BCUT2D eigenvalue weighted by molar-refractivity contribution is -0.144. The van der Waals surface area contributed by atoms with E-state index < -0.39 is 41.5 Å². The van der Waals surface area contributed by atoms with Gasteiger partial charge in [0.1, 0.15) is 36.2 Å². The van der Waals surface area contributed by atoms with Gasteiger partial charge in [0.15, 0.2) is 5.82 Å². The molecule has 0 aliphatic carbocycles. The molecular formula is C54H67BrN10O10S. The number of rotatable bonds is 24. The maximum Gasteiger partial charge on any atom is 0.251 e. The van der Waals surface area contributed by atoms with E-state index in [2.05, 4.69) is 47.2 Å². The van der Waals surface area contributed by atoms with Gasteiger partial charge in [-0.1, -0.05) is 80.0 Å². The summed E-state index contributed by atoms with van der Waals surface area (Å²) in [5.41, 5.74) is 6.48. The predicted octanol–water partition coefficient (Wildman–Crippen LogP) is 5.77. The third-order valence-corrected chi connectivity index (χ3v) is 14.5.